The van der Waals surface area contributed by atoms with E-state index in [1.54, 1.807) is 14.7 Å². The number of aromatic nitrogens is 3. The molecule has 62 heavy (non-hydrogen) atoms. The molecule has 0 aliphatic carbocycles. The first kappa shape index (κ1) is 40.3. The Morgan fingerprint density at radius 1 is 0.677 bits per heavy atom. The Morgan fingerprint density at radius 3 is 1.66 bits per heavy atom. The van der Waals surface area contributed by atoms with E-state index in [0.29, 0.717) is 81.8 Å². The van der Waals surface area contributed by atoms with Crippen LogP contribution in [0.2, 0.25) is 0 Å². The van der Waals surface area contributed by atoms with Crippen molar-refractivity contribution in [3.05, 3.63) is 88.4 Å². The quantitative estimate of drug-likeness (QED) is 0.0627. The predicted molar refractivity (Wildman–Crippen MR) is 236 cm³/mol. The van der Waals surface area contributed by atoms with Gasteiger partial charge >= 0.3 is 12.0 Å². The highest BCUT2D eigenvalue weighted by molar-refractivity contribution is 6.13. The molecule has 0 saturated heterocycles. The highest BCUT2D eigenvalue weighted by Crippen LogP contribution is 2.40. The molecule has 0 spiro atoms. The molecule has 6 amide bonds. The van der Waals surface area contributed by atoms with Crippen molar-refractivity contribution < 1.29 is 33.5 Å². The molecule has 0 bridgehead atoms. The standard InChI is InChI=1S/C46H49N9O7/c1-3-25(62-42(57)14-13-41(56)48-2)6-4-5-18-49-43(58)35-22-29-26-15-19-53(38(26)10-7-32(29)50-35)44(59)36-23-30-27-16-20-54(39(27)11-8-33(30)51-36)45(60)37-24-31-28-17-21-55(46(47)61)40(28)12-9-34(31)52-37/h7-12,22-25,50-52H,3-6,13-21H2,1-2H3,(H2,47,61)(H,48,56)(H,49,58). The number of fused-ring (bicyclic) bond motifs is 9. The van der Waals surface area contributed by atoms with E-state index in [2.05, 4.69) is 25.6 Å². The van der Waals surface area contributed by atoms with Gasteiger partial charge in [0.15, 0.2) is 0 Å². The van der Waals surface area contributed by atoms with Gasteiger partial charge < -0.3 is 45.9 Å². The number of ether oxygens (including phenoxy) is 1. The second-order valence-corrected chi connectivity index (χ2v) is 16.2. The lowest BCUT2D eigenvalue weighted by Crippen LogP contribution is -2.33. The molecule has 3 aliphatic heterocycles. The van der Waals surface area contributed by atoms with E-state index < -0.39 is 6.03 Å². The number of amides is 6. The minimum absolute atomic E-state index is 0.0461. The zero-order valence-corrected chi connectivity index (χ0v) is 34.7. The number of esters is 1. The smallest absolute Gasteiger partial charge is 0.319 e. The molecular weight excluding hydrogens is 791 g/mol. The summed E-state index contributed by atoms with van der Waals surface area (Å²) in [7, 11) is 1.53. The number of hydrogen-bond acceptors (Lipinski definition) is 7. The number of hydrogen-bond donors (Lipinski definition) is 6. The average molecular weight is 840 g/mol. The number of nitrogens with zero attached hydrogens (tertiary/aromatic N) is 3. The number of nitrogens with one attached hydrogen (secondary N) is 5. The number of carbonyl (C=O) groups excluding carboxylic acids is 6. The first-order valence-electron chi connectivity index (χ1n) is 21.4. The molecule has 0 radical (unpaired) electrons. The van der Waals surface area contributed by atoms with E-state index in [4.69, 9.17) is 10.5 Å². The van der Waals surface area contributed by atoms with E-state index in [9.17, 15) is 28.8 Å². The van der Waals surface area contributed by atoms with E-state index in [1.807, 2.05) is 61.5 Å². The van der Waals surface area contributed by atoms with Crippen molar-refractivity contribution in [2.45, 2.75) is 70.8 Å². The molecule has 0 fully saturated rings. The Labute approximate surface area is 356 Å². The summed E-state index contributed by atoms with van der Waals surface area (Å²) in [5.74, 6) is -1.11. The molecule has 16 heteroatoms. The normalized spacial score (nSPS) is 14.6. The molecule has 1 unspecified atom stereocenters. The lowest BCUT2D eigenvalue weighted by atomic mass is 10.1. The number of primary amides is 1. The second kappa shape index (κ2) is 16.4. The van der Waals surface area contributed by atoms with Crippen molar-refractivity contribution in [3.8, 4) is 0 Å². The van der Waals surface area contributed by atoms with Gasteiger partial charge in [-0.05, 0) is 116 Å². The molecule has 16 nitrogen and oxygen atoms in total. The van der Waals surface area contributed by atoms with Crippen LogP contribution in [0.5, 0.6) is 0 Å². The van der Waals surface area contributed by atoms with Crippen LogP contribution in [-0.4, -0.2) is 89.9 Å². The Kier molecular flexibility index (Phi) is 10.7. The molecule has 1 atom stereocenters. The third-order valence-electron chi connectivity index (χ3n) is 12.6. The van der Waals surface area contributed by atoms with Crippen molar-refractivity contribution >= 4 is 85.4 Å². The molecule has 3 aliphatic rings. The molecule has 320 valence electrons. The van der Waals surface area contributed by atoms with Crippen molar-refractivity contribution in [1.82, 2.24) is 25.6 Å². The van der Waals surface area contributed by atoms with Gasteiger partial charge in [0.1, 0.15) is 23.2 Å². The van der Waals surface area contributed by atoms with Crippen molar-refractivity contribution in [3.63, 3.8) is 0 Å². The van der Waals surface area contributed by atoms with Gasteiger partial charge in [0.25, 0.3) is 17.7 Å². The summed E-state index contributed by atoms with van der Waals surface area (Å²) in [6.45, 7) is 3.91. The van der Waals surface area contributed by atoms with Gasteiger partial charge in [-0.3, -0.25) is 28.9 Å². The molecule has 0 saturated carbocycles. The van der Waals surface area contributed by atoms with Crippen molar-refractivity contribution in [2.24, 2.45) is 5.73 Å². The Balaban J connectivity index is 0.839. The van der Waals surface area contributed by atoms with Gasteiger partial charge in [0.2, 0.25) is 5.91 Å². The predicted octanol–water partition coefficient (Wildman–Crippen LogP) is 5.73. The third kappa shape index (κ3) is 7.28. The molecule has 6 heterocycles. The van der Waals surface area contributed by atoms with Crippen LogP contribution in [0.1, 0.15) is 93.6 Å². The van der Waals surface area contributed by atoms with Gasteiger partial charge in [0, 0.05) is 89.4 Å². The van der Waals surface area contributed by atoms with Gasteiger partial charge in [0.05, 0.1) is 6.42 Å². The van der Waals surface area contributed by atoms with E-state index in [0.717, 1.165) is 72.9 Å². The van der Waals surface area contributed by atoms with Crippen LogP contribution >= 0.6 is 0 Å². The summed E-state index contributed by atoms with van der Waals surface area (Å²) in [6.07, 6.45) is 4.67. The van der Waals surface area contributed by atoms with Gasteiger partial charge in [-0.25, -0.2) is 4.79 Å². The van der Waals surface area contributed by atoms with Crippen LogP contribution in [0.25, 0.3) is 32.7 Å². The fourth-order valence-electron chi connectivity index (χ4n) is 9.36. The summed E-state index contributed by atoms with van der Waals surface area (Å²) in [6, 6.07) is 16.5. The van der Waals surface area contributed by atoms with Gasteiger partial charge in [-0.15, -0.1) is 0 Å². The lowest BCUT2D eigenvalue weighted by Gasteiger charge is -2.16. The van der Waals surface area contributed by atoms with Crippen molar-refractivity contribution in [2.75, 3.05) is 47.9 Å². The molecule has 6 aromatic rings. The highest BCUT2D eigenvalue weighted by Gasteiger charge is 2.33. The summed E-state index contributed by atoms with van der Waals surface area (Å²) < 4.78 is 5.53. The maximum absolute atomic E-state index is 14.1. The average Bonchev–Trinajstić information content (AvgIpc) is 4.13. The van der Waals surface area contributed by atoms with E-state index in [1.165, 1.54) is 7.05 Å². The lowest BCUT2D eigenvalue weighted by molar-refractivity contribution is -0.150. The van der Waals surface area contributed by atoms with Crippen LogP contribution in [0, 0.1) is 0 Å². The fourth-order valence-corrected chi connectivity index (χ4v) is 9.36. The number of urea groups is 1. The first-order valence-corrected chi connectivity index (χ1v) is 21.4. The number of H-pyrrole nitrogens is 3. The largest absolute Gasteiger partial charge is 0.462 e. The zero-order valence-electron chi connectivity index (χ0n) is 34.7. The van der Waals surface area contributed by atoms with Gasteiger partial charge in [-0.1, -0.05) is 6.92 Å². The Hall–Kier alpha value is -7.10. The van der Waals surface area contributed by atoms with E-state index in [-0.39, 0.29) is 48.5 Å². The molecule has 9 rings (SSSR count). The summed E-state index contributed by atoms with van der Waals surface area (Å²) >= 11 is 0. The maximum atomic E-state index is 14.1. The number of unbranched alkanes of at least 4 members (excludes halogenated alkanes) is 1. The number of benzene rings is 3. The number of aromatic amines is 3. The molecule has 3 aromatic heterocycles. The summed E-state index contributed by atoms with van der Waals surface area (Å²) in [4.78, 5) is 91.8. The van der Waals surface area contributed by atoms with Crippen LogP contribution in [0.15, 0.2) is 54.6 Å². The molecular formula is C46H49N9O7. The number of rotatable bonds is 13. The molecule has 7 N–H and O–H groups in total. The minimum Gasteiger partial charge on any atom is -0.462 e. The molecule has 3 aromatic carbocycles. The van der Waals surface area contributed by atoms with Gasteiger partial charge in [-0.2, -0.15) is 0 Å². The van der Waals surface area contributed by atoms with Crippen LogP contribution in [0.4, 0.5) is 21.9 Å². The summed E-state index contributed by atoms with van der Waals surface area (Å²) in [5, 5.41) is 8.19. The Bertz CT molecular complexity index is 2820. The van der Waals surface area contributed by atoms with Crippen molar-refractivity contribution in [1.29, 1.82) is 0 Å². The zero-order chi connectivity index (χ0) is 43.2. The monoisotopic (exact) mass is 839 g/mol. The van der Waals surface area contributed by atoms with Crippen LogP contribution < -0.4 is 31.1 Å². The SMILES string of the molecule is CCC(CCCCNC(=O)c1cc2c3c(ccc2[nH]1)N(C(=O)c1cc2c4c(ccc2[nH]1)N(C(=O)c1cc2c5c(ccc2[nH]1)N(C(N)=O)CC5)CC4)CC3)OC(=O)CCC(=O)NC. The topological polar surface area (TPSA) is 219 Å². The number of nitrogens with two attached hydrogens (primary N) is 1. The number of carbonyl (C=O) groups is 6. The highest BCUT2D eigenvalue weighted by atomic mass is 16.5. The van der Waals surface area contributed by atoms with Crippen LogP contribution in [0.3, 0.4) is 0 Å². The van der Waals surface area contributed by atoms with E-state index >= 15 is 0 Å². The maximum Gasteiger partial charge on any atom is 0.319 e. The second-order valence-electron chi connectivity index (χ2n) is 16.2. The minimum atomic E-state index is -0.492. The Morgan fingerprint density at radius 2 is 1.16 bits per heavy atom. The van der Waals surface area contributed by atoms with Crippen LogP contribution in [-0.2, 0) is 33.6 Å². The first-order chi connectivity index (χ1) is 30.0. The third-order valence-corrected chi connectivity index (χ3v) is 12.6. The summed E-state index contributed by atoms with van der Waals surface area (Å²) in [5.41, 5.74) is 14.8. The fraction of sp³-hybridized carbons (Fsp3) is 0.348. The number of anilines is 3.